The van der Waals surface area contributed by atoms with Crippen molar-refractivity contribution in [2.45, 2.75) is 6.92 Å². The fourth-order valence-electron chi connectivity index (χ4n) is 4.34. The third-order valence-corrected chi connectivity index (χ3v) is 5.57. The molecule has 0 atom stereocenters. The van der Waals surface area contributed by atoms with E-state index in [9.17, 15) is 0 Å². The largest absolute Gasteiger partial charge is 0.0876 e. The van der Waals surface area contributed by atoms with E-state index in [0.29, 0.717) is 0 Å². The van der Waals surface area contributed by atoms with Crippen LogP contribution in [0.1, 0.15) is 18.1 Å². The predicted molar refractivity (Wildman–Crippen MR) is 127 cm³/mol. The van der Waals surface area contributed by atoms with Crippen LogP contribution in [0.25, 0.3) is 44.7 Å². The number of hydrogen-bond acceptors (Lipinski definition) is 0. The second kappa shape index (κ2) is 7.41. The SMILES string of the molecule is C/C=C/C=C1\C=Cc2c1c(-c1ccccc1)c1ccccc1c2-c1ccccc1. The molecule has 0 aliphatic heterocycles. The number of fused-ring (bicyclic) bond motifs is 2. The summed E-state index contributed by atoms with van der Waals surface area (Å²) in [5, 5.41) is 2.60. The molecule has 0 unspecified atom stereocenters. The molecule has 4 aromatic rings. The van der Waals surface area contributed by atoms with E-state index in [0.717, 1.165) is 0 Å². The van der Waals surface area contributed by atoms with Gasteiger partial charge in [-0.1, -0.05) is 115 Å². The van der Waals surface area contributed by atoms with Crippen molar-refractivity contribution in [2.75, 3.05) is 0 Å². The Bertz CT molecular complexity index is 1270. The molecule has 0 N–H and O–H groups in total. The monoisotopic (exact) mass is 370 g/mol. The Hall–Kier alpha value is -3.64. The van der Waals surface area contributed by atoms with E-state index in [4.69, 9.17) is 0 Å². The number of allylic oxidation sites excluding steroid dienone is 5. The van der Waals surface area contributed by atoms with Gasteiger partial charge >= 0.3 is 0 Å². The topological polar surface area (TPSA) is 0 Å². The highest BCUT2D eigenvalue weighted by Crippen LogP contribution is 2.48. The molecule has 0 nitrogen and oxygen atoms in total. The number of rotatable bonds is 3. The minimum Gasteiger partial charge on any atom is -0.0876 e. The molecule has 0 saturated carbocycles. The summed E-state index contributed by atoms with van der Waals surface area (Å²) in [6, 6.07) is 30.3. The lowest BCUT2D eigenvalue weighted by Crippen LogP contribution is -1.95. The van der Waals surface area contributed by atoms with Crippen molar-refractivity contribution < 1.29 is 0 Å². The number of hydrogen-bond donors (Lipinski definition) is 0. The predicted octanol–water partition coefficient (Wildman–Crippen LogP) is 8.16. The van der Waals surface area contributed by atoms with Gasteiger partial charge in [0.1, 0.15) is 0 Å². The molecule has 4 aromatic carbocycles. The first-order chi connectivity index (χ1) is 14.4. The van der Waals surface area contributed by atoms with Crippen LogP contribution in [-0.2, 0) is 0 Å². The Kier molecular flexibility index (Phi) is 4.46. The van der Waals surface area contributed by atoms with Crippen molar-refractivity contribution in [3.8, 4) is 22.3 Å². The fourth-order valence-corrected chi connectivity index (χ4v) is 4.34. The van der Waals surface area contributed by atoms with Crippen molar-refractivity contribution in [2.24, 2.45) is 0 Å². The van der Waals surface area contributed by atoms with E-state index in [1.54, 1.807) is 0 Å². The molecule has 0 radical (unpaired) electrons. The summed E-state index contributed by atoms with van der Waals surface area (Å²) in [4.78, 5) is 0. The molecule has 138 valence electrons. The average molecular weight is 370 g/mol. The highest BCUT2D eigenvalue weighted by atomic mass is 14.3. The van der Waals surface area contributed by atoms with E-state index >= 15 is 0 Å². The molecular formula is C29H22. The first-order valence-electron chi connectivity index (χ1n) is 10.1. The van der Waals surface area contributed by atoms with Crippen molar-refractivity contribution >= 4 is 22.4 Å². The molecule has 0 aromatic heterocycles. The van der Waals surface area contributed by atoms with Gasteiger partial charge in [0, 0.05) is 0 Å². The van der Waals surface area contributed by atoms with E-state index in [1.807, 2.05) is 0 Å². The zero-order valence-electron chi connectivity index (χ0n) is 16.5. The summed E-state index contributed by atoms with van der Waals surface area (Å²) >= 11 is 0. The smallest absolute Gasteiger partial charge is 0.00201 e. The van der Waals surface area contributed by atoms with Gasteiger partial charge in [-0.05, 0) is 56.6 Å². The van der Waals surface area contributed by atoms with Gasteiger partial charge in [-0.2, -0.15) is 0 Å². The molecule has 0 bridgehead atoms. The summed E-state index contributed by atoms with van der Waals surface area (Å²) in [7, 11) is 0. The lowest BCUT2D eigenvalue weighted by Gasteiger charge is -2.19. The standard InChI is InChI=1S/C29H22/c1-2-3-12-23-19-20-26-27(21-13-6-4-7-14-21)24-17-10-11-18-25(24)28(29(23)26)22-15-8-5-9-16-22/h2-20H,1H3/b3-2+,23-12+. The summed E-state index contributed by atoms with van der Waals surface area (Å²) < 4.78 is 0. The number of benzene rings is 4. The van der Waals surface area contributed by atoms with Crippen LogP contribution < -0.4 is 0 Å². The second-order valence-electron chi connectivity index (χ2n) is 7.30. The quantitative estimate of drug-likeness (QED) is 0.341. The van der Waals surface area contributed by atoms with Crippen LogP contribution in [-0.4, -0.2) is 0 Å². The first kappa shape index (κ1) is 17.5. The van der Waals surface area contributed by atoms with Crippen LogP contribution in [0.3, 0.4) is 0 Å². The Labute approximate surface area is 172 Å². The lowest BCUT2D eigenvalue weighted by molar-refractivity contribution is 1.58. The molecular weight excluding hydrogens is 348 g/mol. The van der Waals surface area contributed by atoms with Gasteiger partial charge in [-0.3, -0.25) is 0 Å². The van der Waals surface area contributed by atoms with Crippen LogP contribution >= 0.6 is 0 Å². The van der Waals surface area contributed by atoms with Crippen molar-refractivity contribution in [1.29, 1.82) is 0 Å². The molecule has 1 aliphatic carbocycles. The highest BCUT2D eigenvalue weighted by molar-refractivity contribution is 6.15. The maximum absolute atomic E-state index is 2.28. The molecule has 0 spiro atoms. The van der Waals surface area contributed by atoms with Crippen molar-refractivity contribution in [3.63, 3.8) is 0 Å². The van der Waals surface area contributed by atoms with Crippen molar-refractivity contribution in [1.82, 2.24) is 0 Å². The van der Waals surface area contributed by atoms with Gasteiger partial charge in [-0.25, -0.2) is 0 Å². The molecule has 29 heavy (non-hydrogen) atoms. The van der Waals surface area contributed by atoms with Gasteiger partial charge in [0.2, 0.25) is 0 Å². The fraction of sp³-hybridized carbons (Fsp3) is 0.0345. The zero-order chi connectivity index (χ0) is 19.6. The maximum Gasteiger partial charge on any atom is -0.00201 e. The summed E-state index contributed by atoms with van der Waals surface area (Å²) in [5.41, 5.74) is 9.05. The van der Waals surface area contributed by atoms with Gasteiger partial charge in [0.25, 0.3) is 0 Å². The van der Waals surface area contributed by atoms with Gasteiger partial charge < -0.3 is 0 Å². The molecule has 0 fully saturated rings. The molecule has 5 rings (SSSR count). The Morgan fingerprint density at radius 1 is 0.552 bits per heavy atom. The molecule has 1 aliphatic rings. The van der Waals surface area contributed by atoms with E-state index in [1.165, 1.54) is 49.7 Å². The van der Waals surface area contributed by atoms with E-state index in [-0.39, 0.29) is 0 Å². The molecule has 0 amide bonds. The Morgan fingerprint density at radius 2 is 1.10 bits per heavy atom. The first-order valence-corrected chi connectivity index (χ1v) is 10.1. The second-order valence-corrected chi connectivity index (χ2v) is 7.30. The highest BCUT2D eigenvalue weighted by Gasteiger charge is 2.24. The minimum absolute atomic E-state index is 1.26. The van der Waals surface area contributed by atoms with Crippen LogP contribution in [0.4, 0.5) is 0 Å². The van der Waals surface area contributed by atoms with Crippen LogP contribution in [0, 0.1) is 0 Å². The summed E-state index contributed by atoms with van der Waals surface area (Å²) in [6.45, 7) is 2.06. The lowest BCUT2D eigenvalue weighted by atomic mass is 9.83. The van der Waals surface area contributed by atoms with Crippen LogP contribution in [0.2, 0.25) is 0 Å². The normalized spacial score (nSPS) is 14.2. The molecule has 0 heteroatoms. The molecule has 0 heterocycles. The van der Waals surface area contributed by atoms with Crippen molar-refractivity contribution in [3.05, 3.63) is 120 Å². The van der Waals surface area contributed by atoms with E-state index in [2.05, 4.69) is 122 Å². The van der Waals surface area contributed by atoms with Gasteiger partial charge in [-0.15, -0.1) is 0 Å². The minimum atomic E-state index is 1.26. The van der Waals surface area contributed by atoms with Crippen LogP contribution in [0.5, 0.6) is 0 Å². The molecule has 0 saturated heterocycles. The third-order valence-electron chi connectivity index (χ3n) is 5.57. The average Bonchev–Trinajstić information content (AvgIpc) is 3.20. The summed E-state index contributed by atoms with van der Waals surface area (Å²) in [6.07, 6.45) is 11.0. The van der Waals surface area contributed by atoms with Crippen LogP contribution in [0.15, 0.2) is 109 Å². The maximum atomic E-state index is 2.28. The third kappa shape index (κ3) is 2.94. The Morgan fingerprint density at radius 3 is 1.72 bits per heavy atom. The van der Waals surface area contributed by atoms with Gasteiger partial charge in [0.15, 0.2) is 0 Å². The Balaban J connectivity index is 1.96. The zero-order valence-corrected chi connectivity index (χ0v) is 16.5. The van der Waals surface area contributed by atoms with E-state index < -0.39 is 0 Å². The summed E-state index contributed by atoms with van der Waals surface area (Å²) in [5.74, 6) is 0. The van der Waals surface area contributed by atoms with Gasteiger partial charge in [0.05, 0.1) is 0 Å².